The SMILES string of the molecule is CC(=O)N1CCN(c2c(C)n(CC(=O)Nc3cc(Cl)c(C)cc3Cl)c3nc(C4=CCOCC4)nn3c2=O)CC1. The third kappa shape index (κ3) is 5.39. The zero-order chi connectivity index (χ0) is 27.8. The van der Waals surface area contributed by atoms with Crippen LogP contribution in [0, 0.1) is 13.8 Å². The van der Waals surface area contributed by atoms with Crippen molar-refractivity contribution >= 4 is 57.7 Å². The van der Waals surface area contributed by atoms with Gasteiger partial charge in [0.1, 0.15) is 12.2 Å². The first-order valence-electron chi connectivity index (χ1n) is 12.7. The minimum absolute atomic E-state index is 0.00331. The number of hydrogen-bond acceptors (Lipinski definition) is 7. The van der Waals surface area contributed by atoms with Gasteiger partial charge >= 0.3 is 0 Å². The highest BCUT2D eigenvalue weighted by Crippen LogP contribution is 2.29. The van der Waals surface area contributed by atoms with Crippen LogP contribution in [0.5, 0.6) is 0 Å². The Labute approximate surface area is 234 Å². The molecule has 39 heavy (non-hydrogen) atoms. The van der Waals surface area contributed by atoms with Crippen molar-refractivity contribution in [2.75, 3.05) is 49.6 Å². The van der Waals surface area contributed by atoms with Gasteiger partial charge in [-0.2, -0.15) is 9.50 Å². The maximum Gasteiger partial charge on any atom is 0.299 e. The van der Waals surface area contributed by atoms with Gasteiger partial charge in [-0.15, -0.1) is 5.10 Å². The van der Waals surface area contributed by atoms with E-state index in [1.165, 1.54) is 11.4 Å². The van der Waals surface area contributed by atoms with Gasteiger partial charge < -0.3 is 24.4 Å². The topological polar surface area (TPSA) is 114 Å². The van der Waals surface area contributed by atoms with E-state index in [1.54, 1.807) is 28.5 Å². The zero-order valence-corrected chi connectivity index (χ0v) is 23.5. The Balaban J connectivity index is 1.56. The standard InChI is InChI=1S/C26H29Cl2N7O4/c1-15-12-20(28)21(13-19(15)27)29-22(37)14-34-16(2)23(33-8-6-32(7-9-33)17(3)36)25(38)35-26(34)30-24(31-35)18-4-10-39-11-5-18/h4,12-13H,5-11,14H2,1-3H3,(H,29,37). The molecule has 1 saturated heterocycles. The van der Waals surface area contributed by atoms with Crippen molar-refractivity contribution in [2.45, 2.75) is 33.7 Å². The van der Waals surface area contributed by atoms with Crippen LogP contribution < -0.4 is 15.8 Å². The predicted octanol–water partition coefficient (Wildman–Crippen LogP) is 2.93. The number of halogens is 2. The van der Waals surface area contributed by atoms with Crippen LogP contribution >= 0.6 is 23.2 Å². The normalized spacial score (nSPS) is 16.0. The number of piperazine rings is 1. The fourth-order valence-corrected chi connectivity index (χ4v) is 5.32. The highest BCUT2D eigenvalue weighted by atomic mass is 35.5. The van der Waals surface area contributed by atoms with Gasteiger partial charge in [-0.1, -0.05) is 29.3 Å². The van der Waals surface area contributed by atoms with Crippen LogP contribution in [0.4, 0.5) is 11.4 Å². The Bertz CT molecular complexity index is 1550. The number of nitrogens with zero attached hydrogens (tertiary/aromatic N) is 6. The van der Waals surface area contributed by atoms with Gasteiger partial charge in [0.05, 0.1) is 23.9 Å². The Kier molecular flexibility index (Phi) is 7.66. The summed E-state index contributed by atoms with van der Waals surface area (Å²) >= 11 is 12.6. The summed E-state index contributed by atoms with van der Waals surface area (Å²) in [5.41, 5.74) is 2.75. The molecule has 0 radical (unpaired) electrons. The third-order valence-corrected chi connectivity index (χ3v) is 7.81. The number of ether oxygens (including phenoxy) is 1. The fourth-order valence-electron chi connectivity index (χ4n) is 4.89. The number of aryl methyl sites for hydroxylation is 1. The number of carbonyl (C=O) groups is 2. The molecule has 0 saturated carbocycles. The number of amides is 2. The number of rotatable bonds is 5. The van der Waals surface area contributed by atoms with E-state index < -0.39 is 0 Å². The van der Waals surface area contributed by atoms with E-state index in [9.17, 15) is 14.4 Å². The molecule has 4 heterocycles. The summed E-state index contributed by atoms with van der Waals surface area (Å²) in [7, 11) is 0. The molecule has 2 aliphatic heterocycles. The molecule has 13 heteroatoms. The number of aromatic nitrogens is 4. The van der Waals surface area contributed by atoms with Gasteiger partial charge in [-0.3, -0.25) is 14.4 Å². The Morgan fingerprint density at radius 3 is 2.51 bits per heavy atom. The molecular formula is C26H29Cl2N7O4. The average Bonchev–Trinajstić information content (AvgIpc) is 3.36. The summed E-state index contributed by atoms with van der Waals surface area (Å²) in [5, 5.41) is 8.22. The fraction of sp³-hybridized carbons (Fsp3) is 0.423. The van der Waals surface area contributed by atoms with Gasteiger partial charge in [-0.05, 0) is 43.5 Å². The average molecular weight is 574 g/mol. The molecule has 3 aromatic rings. The first-order valence-corrected chi connectivity index (χ1v) is 13.4. The first-order chi connectivity index (χ1) is 18.6. The molecule has 11 nitrogen and oxygen atoms in total. The summed E-state index contributed by atoms with van der Waals surface area (Å²) in [6.45, 7) is 7.95. The molecular weight excluding hydrogens is 545 g/mol. The molecule has 0 spiro atoms. The summed E-state index contributed by atoms with van der Waals surface area (Å²) in [6.07, 6.45) is 2.52. The number of benzene rings is 1. The lowest BCUT2D eigenvalue weighted by molar-refractivity contribution is -0.129. The van der Waals surface area contributed by atoms with E-state index in [1.807, 2.05) is 17.9 Å². The third-order valence-electron chi connectivity index (χ3n) is 7.09. The zero-order valence-electron chi connectivity index (χ0n) is 22.0. The van der Waals surface area contributed by atoms with Crippen LogP contribution in [-0.4, -0.2) is 75.3 Å². The van der Waals surface area contributed by atoms with E-state index in [2.05, 4.69) is 15.4 Å². The Morgan fingerprint density at radius 1 is 1.10 bits per heavy atom. The Morgan fingerprint density at radius 2 is 1.85 bits per heavy atom. The number of hydrogen-bond donors (Lipinski definition) is 1. The van der Waals surface area contributed by atoms with Gasteiger partial charge in [0, 0.05) is 43.8 Å². The van der Waals surface area contributed by atoms with Crippen LogP contribution in [-0.2, 0) is 20.9 Å². The van der Waals surface area contributed by atoms with Gasteiger partial charge in [-0.25, -0.2) is 0 Å². The van der Waals surface area contributed by atoms with Crippen LogP contribution in [0.2, 0.25) is 10.0 Å². The maximum absolute atomic E-state index is 13.8. The van der Waals surface area contributed by atoms with Crippen LogP contribution in [0.25, 0.3) is 11.4 Å². The second kappa shape index (κ2) is 11.0. The van der Waals surface area contributed by atoms with Crippen molar-refractivity contribution in [3.63, 3.8) is 0 Å². The van der Waals surface area contributed by atoms with E-state index in [0.717, 1.165) is 11.1 Å². The maximum atomic E-state index is 13.8. The second-order valence-corrected chi connectivity index (χ2v) is 10.5. The highest BCUT2D eigenvalue weighted by molar-refractivity contribution is 6.36. The highest BCUT2D eigenvalue weighted by Gasteiger charge is 2.27. The monoisotopic (exact) mass is 573 g/mol. The van der Waals surface area contributed by atoms with Crippen molar-refractivity contribution in [1.82, 2.24) is 24.1 Å². The van der Waals surface area contributed by atoms with E-state index >= 15 is 0 Å². The van der Waals surface area contributed by atoms with Crippen LogP contribution in [0.3, 0.4) is 0 Å². The Hall–Kier alpha value is -3.41. The number of carbonyl (C=O) groups excluding carboxylic acids is 2. The molecule has 1 N–H and O–H groups in total. The molecule has 206 valence electrons. The molecule has 0 aliphatic carbocycles. The minimum atomic E-state index is -0.368. The van der Waals surface area contributed by atoms with Crippen LogP contribution in [0.1, 0.15) is 30.4 Å². The van der Waals surface area contributed by atoms with Crippen molar-refractivity contribution in [2.24, 2.45) is 0 Å². The number of anilines is 2. The van der Waals surface area contributed by atoms with E-state index in [-0.39, 0.29) is 29.7 Å². The quantitative estimate of drug-likeness (QED) is 0.499. The van der Waals surface area contributed by atoms with Crippen molar-refractivity contribution in [3.8, 4) is 0 Å². The van der Waals surface area contributed by atoms with Crippen LogP contribution in [0.15, 0.2) is 23.0 Å². The molecule has 0 atom stereocenters. The number of nitrogens with one attached hydrogen (secondary N) is 1. The van der Waals surface area contributed by atoms with Gasteiger partial charge in [0.15, 0.2) is 5.82 Å². The summed E-state index contributed by atoms with van der Waals surface area (Å²) < 4.78 is 8.35. The first kappa shape index (κ1) is 27.2. The molecule has 2 aromatic heterocycles. The molecule has 0 bridgehead atoms. The van der Waals surface area contributed by atoms with Crippen molar-refractivity contribution in [1.29, 1.82) is 0 Å². The molecule has 5 rings (SSSR count). The summed E-state index contributed by atoms with van der Waals surface area (Å²) in [6, 6.07) is 3.30. The van der Waals surface area contributed by atoms with E-state index in [0.29, 0.717) is 78.8 Å². The van der Waals surface area contributed by atoms with Crippen molar-refractivity contribution in [3.05, 3.63) is 55.7 Å². The predicted molar refractivity (Wildman–Crippen MR) is 150 cm³/mol. The molecule has 0 unspecified atom stereocenters. The largest absolute Gasteiger partial charge is 0.377 e. The summed E-state index contributed by atoms with van der Waals surface area (Å²) in [5.74, 6) is 0.314. The lowest BCUT2D eigenvalue weighted by Crippen LogP contribution is -2.50. The molecule has 1 fully saturated rings. The minimum Gasteiger partial charge on any atom is -0.377 e. The molecule has 1 aromatic carbocycles. The lowest BCUT2D eigenvalue weighted by atomic mass is 10.1. The van der Waals surface area contributed by atoms with Gasteiger partial charge in [0.2, 0.25) is 17.6 Å². The smallest absolute Gasteiger partial charge is 0.299 e. The second-order valence-electron chi connectivity index (χ2n) is 9.65. The lowest BCUT2D eigenvalue weighted by Gasteiger charge is -2.36. The summed E-state index contributed by atoms with van der Waals surface area (Å²) in [4.78, 5) is 47.2. The molecule has 2 aliphatic rings. The van der Waals surface area contributed by atoms with Crippen molar-refractivity contribution < 1.29 is 14.3 Å². The van der Waals surface area contributed by atoms with Gasteiger partial charge in [0.25, 0.3) is 5.56 Å². The molecule has 2 amide bonds. The van der Waals surface area contributed by atoms with E-state index in [4.69, 9.17) is 27.9 Å². The number of fused-ring (bicyclic) bond motifs is 1.